The van der Waals surface area contributed by atoms with Gasteiger partial charge in [0, 0.05) is 12.3 Å². The summed E-state index contributed by atoms with van der Waals surface area (Å²) in [4.78, 5) is 12.6. The molecule has 4 heteroatoms. The van der Waals surface area contributed by atoms with Crippen LogP contribution in [0, 0.1) is 0 Å². The number of nitrogens with one attached hydrogen (secondary N) is 1. The molecule has 0 aliphatic carbocycles. The van der Waals surface area contributed by atoms with E-state index in [-0.39, 0.29) is 5.91 Å². The first-order valence-corrected chi connectivity index (χ1v) is 8.74. The molecule has 0 saturated heterocycles. The third-order valence-corrected chi connectivity index (χ3v) is 3.70. The summed E-state index contributed by atoms with van der Waals surface area (Å²) in [5.41, 5.74) is -0.00897. The Morgan fingerprint density at radius 1 is 1.04 bits per heavy atom. The van der Waals surface area contributed by atoms with Crippen molar-refractivity contribution in [3.05, 3.63) is 24.3 Å². The van der Waals surface area contributed by atoms with Crippen LogP contribution in [0.3, 0.4) is 0 Å². The van der Waals surface area contributed by atoms with E-state index in [9.17, 15) is 4.79 Å². The predicted octanol–water partition coefficient (Wildman–Crippen LogP) is 4.79. The van der Waals surface area contributed by atoms with Gasteiger partial charge in [0.15, 0.2) is 0 Å². The highest BCUT2D eigenvalue weighted by Gasteiger charge is 2.33. The van der Waals surface area contributed by atoms with Crippen molar-refractivity contribution in [1.82, 2.24) is 0 Å². The summed E-state index contributed by atoms with van der Waals surface area (Å²) in [6.07, 6.45) is 4.62. The largest absolute Gasteiger partial charge is 0.494 e. The molecule has 23 heavy (non-hydrogen) atoms. The maximum atomic E-state index is 12.6. The van der Waals surface area contributed by atoms with Gasteiger partial charge in [0.05, 0.1) is 6.61 Å². The number of carbonyl (C=O) groups is 1. The number of hydrogen-bond donors (Lipinski definition) is 1. The molecule has 0 aromatic heterocycles. The van der Waals surface area contributed by atoms with Crippen molar-refractivity contribution in [3.63, 3.8) is 0 Å². The van der Waals surface area contributed by atoms with Gasteiger partial charge in [0.2, 0.25) is 0 Å². The van der Waals surface area contributed by atoms with Crippen LogP contribution in [0.5, 0.6) is 5.75 Å². The average molecular weight is 321 g/mol. The van der Waals surface area contributed by atoms with Crippen LogP contribution in [0.2, 0.25) is 0 Å². The van der Waals surface area contributed by atoms with Crippen LogP contribution >= 0.6 is 0 Å². The van der Waals surface area contributed by atoms with E-state index in [2.05, 4.69) is 19.2 Å². The fraction of sp³-hybridized carbons (Fsp3) is 0.632. The van der Waals surface area contributed by atoms with Gasteiger partial charge in [-0.25, -0.2) is 0 Å². The molecule has 0 heterocycles. The Hall–Kier alpha value is -1.55. The normalized spacial score (nSPS) is 13.4. The standard InChI is InChI=1S/C19H31NO3/c1-5-8-13-19(4,23-15-7-3)18(21)20-16-9-11-17(12-10-16)22-14-6-2/h9-12H,5-8,13-15H2,1-4H3,(H,20,21). The van der Waals surface area contributed by atoms with Gasteiger partial charge in [-0.15, -0.1) is 0 Å². The summed E-state index contributed by atoms with van der Waals surface area (Å²) in [7, 11) is 0. The van der Waals surface area contributed by atoms with Crippen LogP contribution in [-0.4, -0.2) is 24.7 Å². The number of rotatable bonds is 11. The first-order valence-electron chi connectivity index (χ1n) is 8.74. The van der Waals surface area contributed by atoms with Gasteiger partial charge in [0.1, 0.15) is 11.4 Å². The van der Waals surface area contributed by atoms with E-state index in [1.807, 2.05) is 38.1 Å². The van der Waals surface area contributed by atoms with Crippen LogP contribution in [0.25, 0.3) is 0 Å². The highest BCUT2D eigenvalue weighted by molar-refractivity contribution is 5.97. The number of amides is 1. The smallest absolute Gasteiger partial charge is 0.256 e. The zero-order valence-electron chi connectivity index (χ0n) is 15.0. The Bertz CT molecular complexity index is 448. The number of ether oxygens (including phenoxy) is 2. The third kappa shape index (κ3) is 6.61. The van der Waals surface area contributed by atoms with Crippen molar-refractivity contribution < 1.29 is 14.3 Å². The van der Waals surface area contributed by atoms with Crippen molar-refractivity contribution >= 4 is 11.6 Å². The van der Waals surface area contributed by atoms with Gasteiger partial charge in [0.25, 0.3) is 5.91 Å². The Kier molecular flexibility index (Phi) is 8.70. The number of anilines is 1. The molecule has 1 aromatic carbocycles. The monoisotopic (exact) mass is 321 g/mol. The van der Waals surface area contributed by atoms with E-state index in [0.29, 0.717) is 13.2 Å². The van der Waals surface area contributed by atoms with Crippen LogP contribution in [0.15, 0.2) is 24.3 Å². The maximum Gasteiger partial charge on any atom is 0.256 e. The maximum absolute atomic E-state index is 12.6. The Balaban J connectivity index is 2.69. The predicted molar refractivity (Wildman–Crippen MR) is 95.0 cm³/mol. The topological polar surface area (TPSA) is 47.6 Å². The molecule has 1 N–H and O–H groups in total. The van der Waals surface area contributed by atoms with Crippen molar-refractivity contribution in [1.29, 1.82) is 0 Å². The molecule has 1 aromatic rings. The Morgan fingerprint density at radius 3 is 2.26 bits per heavy atom. The Morgan fingerprint density at radius 2 is 1.70 bits per heavy atom. The van der Waals surface area contributed by atoms with E-state index in [0.717, 1.165) is 43.5 Å². The summed E-state index contributed by atoms with van der Waals surface area (Å²) in [6, 6.07) is 7.48. The van der Waals surface area contributed by atoms with Crippen molar-refractivity contribution in [2.24, 2.45) is 0 Å². The lowest BCUT2D eigenvalue weighted by Gasteiger charge is -2.28. The molecule has 0 saturated carbocycles. The number of carbonyl (C=O) groups excluding carboxylic acids is 1. The highest BCUT2D eigenvalue weighted by atomic mass is 16.5. The molecular formula is C19H31NO3. The quantitative estimate of drug-likeness (QED) is 0.637. The summed E-state index contributed by atoms with van der Waals surface area (Å²) < 4.78 is 11.4. The minimum Gasteiger partial charge on any atom is -0.494 e. The van der Waals surface area contributed by atoms with Crippen LogP contribution in [0.1, 0.15) is 59.8 Å². The molecule has 0 aliphatic heterocycles. The zero-order valence-corrected chi connectivity index (χ0v) is 15.0. The van der Waals surface area contributed by atoms with Gasteiger partial charge in [-0.2, -0.15) is 0 Å². The summed E-state index contributed by atoms with van der Waals surface area (Å²) >= 11 is 0. The molecule has 1 unspecified atom stereocenters. The third-order valence-electron chi connectivity index (χ3n) is 3.70. The average Bonchev–Trinajstić information content (AvgIpc) is 2.57. The van der Waals surface area contributed by atoms with Gasteiger partial charge in [-0.05, 0) is 50.5 Å². The second kappa shape index (κ2) is 10.3. The van der Waals surface area contributed by atoms with Crippen molar-refractivity contribution in [3.8, 4) is 5.75 Å². The molecule has 1 atom stereocenters. The fourth-order valence-electron chi connectivity index (χ4n) is 2.21. The second-order valence-corrected chi connectivity index (χ2v) is 6.01. The summed E-state index contributed by atoms with van der Waals surface area (Å²) in [5, 5.41) is 2.96. The van der Waals surface area contributed by atoms with Gasteiger partial charge < -0.3 is 14.8 Å². The molecule has 0 radical (unpaired) electrons. The second-order valence-electron chi connectivity index (χ2n) is 6.01. The van der Waals surface area contributed by atoms with Crippen molar-refractivity contribution in [2.75, 3.05) is 18.5 Å². The lowest BCUT2D eigenvalue weighted by Crippen LogP contribution is -2.43. The fourth-order valence-corrected chi connectivity index (χ4v) is 2.21. The molecule has 0 fully saturated rings. The molecule has 0 bridgehead atoms. The molecular weight excluding hydrogens is 290 g/mol. The highest BCUT2D eigenvalue weighted by Crippen LogP contribution is 2.23. The van der Waals surface area contributed by atoms with E-state index in [1.54, 1.807) is 0 Å². The van der Waals surface area contributed by atoms with E-state index in [1.165, 1.54) is 0 Å². The van der Waals surface area contributed by atoms with E-state index >= 15 is 0 Å². The number of hydrogen-bond acceptors (Lipinski definition) is 3. The van der Waals surface area contributed by atoms with Gasteiger partial charge in [-0.1, -0.05) is 33.6 Å². The van der Waals surface area contributed by atoms with Crippen molar-refractivity contribution in [2.45, 2.75) is 65.4 Å². The van der Waals surface area contributed by atoms with E-state index in [4.69, 9.17) is 9.47 Å². The van der Waals surface area contributed by atoms with E-state index < -0.39 is 5.60 Å². The minimum atomic E-state index is -0.774. The molecule has 130 valence electrons. The van der Waals surface area contributed by atoms with Gasteiger partial charge in [-0.3, -0.25) is 4.79 Å². The molecule has 0 spiro atoms. The van der Waals surface area contributed by atoms with Gasteiger partial charge >= 0.3 is 0 Å². The SMILES string of the molecule is CCCCC(C)(OCCC)C(=O)Nc1ccc(OCCC)cc1. The summed E-state index contributed by atoms with van der Waals surface area (Å²) in [5.74, 6) is 0.738. The first kappa shape index (κ1) is 19.5. The zero-order chi connectivity index (χ0) is 17.1. The number of benzene rings is 1. The lowest BCUT2D eigenvalue weighted by molar-refractivity contribution is -0.140. The lowest BCUT2D eigenvalue weighted by atomic mass is 9.97. The number of unbranched alkanes of at least 4 members (excludes halogenated alkanes) is 1. The Labute approximate surface area is 140 Å². The molecule has 0 aliphatic rings. The van der Waals surface area contributed by atoms with Crippen LogP contribution in [0.4, 0.5) is 5.69 Å². The first-order chi connectivity index (χ1) is 11.1. The molecule has 4 nitrogen and oxygen atoms in total. The van der Waals surface area contributed by atoms with Crippen LogP contribution < -0.4 is 10.1 Å². The molecule has 1 rings (SSSR count). The summed E-state index contributed by atoms with van der Waals surface area (Å²) in [6.45, 7) is 9.41. The van der Waals surface area contributed by atoms with Crippen LogP contribution in [-0.2, 0) is 9.53 Å². The minimum absolute atomic E-state index is 0.0818. The molecule has 1 amide bonds.